The zero-order valence-corrected chi connectivity index (χ0v) is 13.3. The molecule has 0 saturated heterocycles. The van der Waals surface area contributed by atoms with Gasteiger partial charge in [0.2, 0.25) is 0 Å². The van der Waals surface area contributed by atoms with Crippen LogP contribution in [-0.2, 0) is 0 Å². The van der Waals surface area contributed by atoms with Crippen LogP contribution in [0.4, 0.5) is 0 Å². The van der Waals surface area contributed by atoms with Gasteiger partial charge in [-0.05, 0) is 24.5 Å². The summed E-state index contributed by atoms with van der Waals surface area (Å²) in [6.07, 6.45) is 10.2. The fraction of sp³-hybridized carbons (Fsp3) is 0.667. The number of unbranched alkanes of at least 4 members (excludes halogenated alkanes) is 5. The Morgan fingerprint density at radius 2 is 1.95 bits per heavy atom. The molecule has 2 atom stereocenters. The highest BCUT2D eigenvalue weighted by Gasteiger charge is 2.27. The quantitative estimate of drug-likeness (QED) is 0.408. The van der Waals surface area contributed by atoms with Crippen LogP contribution in [0.3, 0.4) is 0 Å². The highest BCUT2D eigenvalue weighted by molar-refractivity contribution is 5.38. The monoisotopic (exact) mass is 290 g/mol. The van der Waals surface area contributed by atoms with Crippen molar-refractivity contribution < 1.29 is 4.74 Å². The van der Waals surface area contributed by atoms with Gasteiger partial charge in [-0.3, -0.25) is 11.3 Å². The number of ether oxygens (including phenoxy) is 1. The van der Waals surface area contributed by atoms with Gasteiger partial charge in [-0.1, -0.05) is 63.6 Å². The highest BCUT2D eigenvalue weighted by Crippen LogP contribution is 2.36. The molecule has 0 spiro atoms. The molecule has 118 valence electrons. The molecule has 1 aliphatic rings. The Morgan fingerprint density at radius 1 is 1.19 bits per heavy atom. The first-order chi connectivity index (χ1) is 10.4. The third-order valence-corrected chi connectivity index (χ3v) is 4.57. The van der Waals surface area contributed by atoms with Crippen molar-refractivity contribution in [2.45, 2.75) is 70.3 Å². The molecule has 21 heavy (non-hydrogen) atoms. The Hall–Kier alpha value is -1.06. The molecule has 0 bridgehead atoms. The molecule has 0 radical (unpaired) electrons. The first-order valence-electron chi connectivity index (χ1n) is 8.54. The molecule has 1 aliphatic heterocycles. The van der Waals surface area contributed by atoms with Crippen LogP contribution in [-0.4, -0.2) is 12.6 Å². The third-order valence-electron chi connectivity index (χ3n) is 4.57. The third kappa shape index (κ3) is 4.72. The number of rotatable bonds is 9. The Kier molecular flexibility index (Phi) is 7.04. The molecule has 0 fully saturated rings. The van der Waals surface area contributed by atoms with E-state index >= 15 is 0 Å². The molecular formula is C18H30N2O. The van der Waals surface area contributed by atoms with E-state index in [1.807, 2.05) is 6.07 Å². The molecule has 0 saturated carbocycles. The van der Waals surface area contributed by atoms with E-state index in [2.05, 4.69) is 30.5 Å². The molecule has 3 N–H and O–H groups in total. The van der Waals surface area contributed by atoms with Gasteiger partial charge in [-0.25, -0.2) is 0 Å². The summed E-state index contributed by atoms with van der Waals surface area (Å²) in [5, 5.41) is 0. The van der Waals surface area contributed by atoms with Gasteiger partial charge in [0, 0.05) is 12.0 Å². The summed E-state index contributed by atoms with van der Waals surface area (Å²) in [6, 6.07) is 8.75. The van der Waals surface area contributed by atoms with Crippen molar-refractivity contribution in [2.24, 2.45) is 5.84 Å². The smallest absolute Gasteiger partial charge is 0.122 e. The lowest BCUT2D eigenvalue weighted by molar-refractivity contribution is 0.240. The zero-order chi connectivity index (χ0) is 14.9. The van der Waals surface area contributed by atoms with E-state index in [9.17, 15) is 0 Å². The highest BCUT2D eigenvalue weighted by atomic mass is 16.5. The van der Waals surface area contributed by atoms with Gasteiger partial charge in [0.15, 0.2) is 0 Å². The second-order valence-electron chi connectivity index (χ2n) is 6.11. The SMILES string of the molecule is CCCCCCCCC(NN)C1CCOc2ccccc21. The number of hydrogen-bond acceptors (Lipinski definition) is 3. The van der Waals surface area contributed by atoms with Gasteiger partial charge < -0.3 is 4.74 Å². The fourth-order valence-corrected chi connectivity index (χ4v) is 3.33. The van der Waals surface area contributed by atoms with E-state index in [1.165, 1.54) is 44.1 Å². The maximum Gasteiger partial charge on any atom is 0.122 e. The second kappa shape index (κ2) is 9.06. The van der Waals surface area contributed by atoms with E-state index in [0.717, 1.165) is 25.2 Å². The fourth-order valence-electron chi connectivity index (χ4n) is 3.33. The van der Waals surface area contributed by atoms with Gasteiger partial charge in [0.25, 0.3) is 0 Å². The topological polar surface area (TPSA) is 47.3 Å². The van der Waals surface area contributed by atoms with Crippen molar-refractivity contribution in [3.63, 3.8) is 0 Å². The van der Waals surface area contributed by atoms with Crippen LogP contribution in [0, 0.1) is 0 Å². The number of hydrogen-bond donors (Lipinski definition) is 2. The predicted octanol–water partition coefficient (Wildman–Crippen LogP) is 4.14. The molecule has 0 amide bonds. The van der Waals surface area contributed by atoms with Crippen molar-refractivity contribution in [3.05, 3.63) is 29.8 Å². The van der Waals surface area contributed by atoms with E-state index < -0.39 is 0 Å². The van der Waals surface area contributed by atoms with Gasteiger partial charge in [-0.15, -0.1) is 0 Å². The van der Waals surface area contributed by atoms with Crippen LogP contribution < -0.4 is 16.0 Å². The van der Waals surface area contributed by atoms with Gasteiger partial charge >= 0.3 is 0 Å². The molecular weight excluding hydrogens is 260 g/mol. The summed E-state index contributed by atoms with van der Waals surface area (Å²) in [4.78, 5) is 0. The molecule has 3 heteroatoms. The van der Waals surface area contributed by atoms with Crippen molar-refractivity contribution >= 4 is 0 Å². The maximum atomic E-state index is 5.83. The minimum Gasteiger partial charge on any atom is -0.493 e. The number of nitrogens with two attached hydrogens (primary N) is 1. The van der Waals surface area contributed by atoms with Crippen LogP contribution in [0.15, 0.2) is 24.3 Å². The van der Waals surface area contributed by atoms with Crippen LogP contribution in [0.25, 0.3) is 0 Å². The summed E-state index contributed by atoms with van der Waals surface area (Å²) < 4.78 is 5.75. The number of hydrazine groups is 1. The van der Waals surface area contributed by atoms with E-state index in [1.54, 1.807) is 0 Å². The summed E-state index contributed by atoms with van der Waals surface area (Å²) in [5.41, 5.74) is 4.38. The zero-order valence-electron chi connectivity index (χ0n) is 13.3. The molecule has 2 unspecified atom stereocenters. The summed E-state index contributed by atoms with van der Waals surface area (Å²) in [6.45, 7) is 3.06. The van der Waals surface area contributed by atoms with E-state index in [0.29, 0.717) is 12.0 Å². The minimum absolute atomic E-state index is 0.362. The first kappa shape index (κ1) is 16.3. The normalized spacial score (nSPS) is 18.9. The summed E-state index contributed by atoms with van der Waals surface area (Å²) in [5.74, 6) is 7.35. The van der Waals surface area contributed by atoms with Crippen molar-refractivity contribution in [3.8, 4) is 5.75 Å². The first-order valence-corrected chi connectivity index (χ1v) is 8.54. The number of para-hydroxylation sites is 1. The molecule has 2 rings (SSSR count). The van der Waals surface area contributed by atoms with Gasteiger partial charge in [0.1, 0.15) is 5.75 Å². The lowest BCUT2D eigenvalue weighted by Gasteiger charge is -2.32. The van der Waals surface area contributed by atoms with Crippen molar-refractivity contribution in [1.82, 2.24) is 5.43 Å². The average molecular weight is 290 g/mol. The van der Waals surface area contributed by atoms with Crippen molar-refractivity contribution in [2.75, 3.05) is 6.61 Å². The molecule has 1 heterocycles. The lowest BCUT2D eigenvalue weighted by Crippen LogP contribution is -2.41. The molecule has 0 aromatic heterocycles. The second-order valence-corrected chi connectivity index (χ2v) is 6.11. The molecule has 1 aromatic rings. The van der Waals surface area contributed by atoms with Gasteiger partial charge in [0.05, 0.1) is 6.61 Å². The van der Waals surface area contributed by atoms with E-state index in [-0.39, 0.29) is 0 Å². The average Bonchev–Trinajstić information content (AvgIpc) is 2.54. The summed E-state index contributed by atoms with van der Waals surface area (Å²) >= 11 is 0. The molecule has 1 aromatic carbocycles. The Morgan fingerprint density at radius 3 is 2.76 bits per heavy atom. The number of benzene rings is 1. The Balaban J connectivity index is 1.84. The standard InChI is InChI=1S/C18H30N2O/c1-2-3-4-5-6-7-11-17(20-19)15-13-14-21-18-12-9-8-10-16(15)18/h8-10,12,15,17,20H,2-7,11,13-14,19H2,1H3. The summed E-state index contributed by atoms with van der Waals surface area (Å²) in [7, 11) is 0. The van der Waals surface area contributed by atoms with Crippen molar-refractivity contribution in [1.29, 1.82) is 0 Å². The molecule has 0 aliphatic carbocycles. The largest absolute Gasteiger partial charge is 0.493 e. The van der Waals surface area contributed by atoms with Crippen LogP contribution in [0.1, 0.15) is 69.8 Å². The molecule has 3 nitrogen and oxygen atoms in total. The van der Waals surface area contributed by atoms with Gasteiger partial charge in [-0.2, -0.15) is 0 Å². The number of nitrogens with one attached hydrogen (secondary N) is 1. The van der Waals surface area contributed by atoms with Crippen LogP contribution in [0.5, 0.6) is 5.75 Å². The Bertz CT molecular complexity index is 408. The van der Waals surface area contributed by atoms with Crippen LogP contribution >= 0.6 is 0 Å². The van der Waals surface area contributed by atoms with E-state index in [4.69, 9.17) is 10.6 Å². The predicted molar refractivity (Wildman–Crippen MR) is 88.4 cm³/mol. The van der Waals surface area contributed by atoms with Crippen LogP contribution in [0.2, 0.25) is 0 Å². The maximum absolute atomic E-state index is 5.83. The Labute approximate surface area is 129 Å². The lowest BCUT2D eigenvalue weighted by atomic mass is 9.84. The number of fused-ring (bicyclic) bond motifs is 1. The minimum atomic E-state index is 0.362.